The lowest BCUT2D eigenvalue weighted by Gasteiger charge is -2.41. The number of fused-ring (bicyclic) bond motifs is 1. The summed E-state index contributed by atoms with van der Waals surface area (Å²) in [6, 6.07) is 17.4. The lowest BCUT2D eigenvalue weighted by Crippen LogP contribution is -2.52. The highest BCUT2D eigenvalue weighted by molar-refractivity contribution is 5.81. The van der Waals surface area contributed by atoms with Crippen LogP contribution in [0.15, 0.2) is 60.8 Å². The van der Waals surface area contributed by atoms with E-state index < -0.39 is 0 Å². The largest absolute Gasteiger partial charge is 0.396 e. The molecule has 28 heavy (non-hydrogen) atoms. The maximum atomic E-state index is 13.2. The van der Waals surface area contributed by atoms with E-state index in [1.165, 1.54) is 23.1 Å². The molecule has 1 N–H and O–H groups in total. The minimum atomic E-state index is -0.204. The molecule has 1 unspecified atom stereocenters. The van der Waals surface area contributed by atoms with Gasteiger partial charge in [-0.15, -0.1) is 0 Å². The van der Waals surface area contributed by atoms with Gasteiger partial charge < -0.3 is 5.11 Å². The van der Waals surface area contributed by atoms with Gasteiger partial charge in [-0.1, -0.05) is 30.3 Å². The summed E-state index contributed by atoms with van der Waals surface area (Å²) in [5.41, 5.74) is 3.43. The Balaban J connectivity index is 1.45. The number of halogens is 1. The second-order valence-electron chi connectivity index (χ2n) is 7.49. The van der Waals surface area contributed by atoms with E-state index >= 15 is 0 Å². The first-order chi connectivity index (χ1) is 13.7. The SMILES string of the molecule is OCCC1CN(Cc2ccnc3ccccc23)CCN1Cc1ccc(F)cc1. The van der Waals surface area contributed by atoms with E-state index in [1.54, 1.807) is 0 Å². The van der Waals surface area contributed by atoms with Gasteiger partial charge in [-0.05, 0) is 41.8 Å². The maximum Gasteiger partial charge on any atom is 0.123 e. The van der Waals surface area contributed by atoms with Gasteiger partial charge in [0.1, 0.15) is 5.82 Å². The van der Waals surface area contributed by atoms with Gasteiger partial charge in [0.05, 0.1) is 5.52 Å². The van der Waals surface area contributed by atoms with Gasteiger partial charge in [-0.25, -0.2) is 4.39 Å². The van der Waals surface area contributed by atoms with Gasteiger partial charge in [0.2, 0.25) is 0 Å². The molecule has 3 aromatic rings. The molecular formula is C23H26FN3O. The first-order valence-corrected chi connectivity index (χ1v) is 9.87. The molecule has 1 atom stereocenters. The number of benzene rings is 2. The van der Waals surface area contributed by atoms with Crippen molar-refractivity contribution in [2.45, 2.75) is 25.6 Å². The molecule has 1 saturated heterocycles. The fourth-order valence-corrected chi connectivity index (χ4v) is 4.09. The van der Waals surface area contributed by atoms with Crippen molar-refractivity contribution in [2.75, 3.05) is 26.2 Å². The van der Waals surface area contributed by atoms with Crippen LogP contribution in [0.25, 0.3) is 10.9 Å². The Bertz CT molecular complexity index is 910. The molecule has 0 amide bonds. The number of pyridine rings is 1. The van der Waals surface area contributed by atoms with E-state index in [4.69, 9.17) is 0 Å². The minimum absolute atomic E-state index is 0.177. The fraction of sp³-hybridized carbons (Fsp3) is 0.348. The lowest BCUT2D eigenvalue weighted by molar-refractivity contribution is 0.0501. The molecule has 1 aliphatic rings. The zero-order valence-corrected chi connectivity index (χ0v) is 16.0. The van der Waals surface area contributed by atoms with Gasteiger partial charge in [-0.2, -0.15) is 0 Å². The summed E-state index contributed by atoms with van der Waals surface area (Å²) in [6.45, 7) is 4.67. The summed E-state index contributed by atoms with van der Waals surface area (Å²) in [7, 11) is 0. The molecule has 146 valence electrons. The number of para-hydroxylation sites is 1. The summed E-state index contributed by atoms with van der Waals surface area (Å²) in [5, 5.41) is 10.8. The highest BCUT2D eigenvalue weighted by Gasteiger charge is 2.27. The van der Waals surface area contributed by atoms with Gasteiger partial charge in [0.15, 0.2) is 0 Å². The average Bonchev–Trinajstić information content (AvgIpc) is 2.72. The van der Waals surface area contributed by atoms with Crippen LogP contribution in [0, 0.1) is 5.82 Å². The second kappa shape index (κ2) is 8.78. The standard InChI is InChI=1S/C23H26FN3O/c24-20-7-5-18(6-8-20)15-27-13-12-26(17-21(27)10-14-28)16-19-9-11-25-23-4-2-1-3-22(19)23/h1-9,11,21,28H,10,12-17H2. The number of piperazine rings is 1. The molecule has 4 nitrogen and oxygen atoms in total. The normalized spacial score (nSPS) is 18.6. The molecule has 0 aliphatic carbocycles. The summed E-state index contributed by atoms with van der Waals surface area (Å²) in [4.78, 5) is 9.33. The number of hydrogen-bond donors (Lipinski definition) is 1. The molecule has 0 spiro atoms. The first kappa shape index (κ1) is 19.0. The number of hydrogen-bond acceptors (Lipinski definition) is 4. The summed E-state index contributed by atoms with van der Waals surface area (Å²) < 4.78 is 13.2. The van der Waals surface area contributed by atoms with Crippen molar-refractivity contribution in [3.8, 4) is 0 Å². The zero-order chi connectivity index (χ0) is 19.3. The molecule has 2 aromatic carbocycles. The molecule has 4 rings (SSSR count). The molecule has 5 heteroatoms. The van der Waals surface area contributed by atoms with Gasteiger partial charge in [-0.3, -0.25) is 14.8 Å². The number of aliphatic hydroxyl groups is 1. The number of aliphatic hydroxyl groups excluding tert-OH is 1. The lowest BCUT2D eigenvalue weighted by atomic mass is 10.0. The summed E-state index contributed by atoms with van der Waals surface area (Å²) in [6.07, 6.45) is 2.63. The van der Waals surface area contributed by atoms with Crippen LogP contribution in [-0.2, 0) is 13.1 Å². The predicted octanol–water partition coefficient (Wildman–Crippen LogP) is 3.44. The number of rotatable bonds is 6. The third-order valence-corrected chi connectivity index (χ3v) is 5.58. The first-order valence-electron chi connectivity index (χ1n) is 9.87. The predicted molar refractivity (Wildman–Crippen MR) is 109 cm³/mol. The molecule has 0 radical (unpaired) electrons. The van der Waals surface area contributed by atoms with E-state index in [9.17, 15) is 9.50 Å². The topological polar surface area (TPSA) is 39.6 Å². The van der Waals surface area contributed by atoms with Crippen LogP contribution in [0.1, 0.15) is 17.5 Å². The fourth-order valence-electron chi connectivity index (χ4n) is 4.09. The van der Waals surface area contributed by atoms with Gasteiger partial charge >= 0.3 is 0 Å². The molecule has 2 heterocycles. The van der Waals surface area contributed by atoms with Gasteiger partial charge in [0.25, 0.3) is 0 Å². The summed E-state index contributed by atoms with van der Waals surface area (Å²) in [5.74, 6) is -0.204. The van der Waals surface area contributed by atoms with E-state index in [-0.39, 0.29) is 18.5 Å². The average molecular weight is 379 g/mol. The number of aromatic nitrogens is 1. The highest BCUT2D eigenvalue weighted by atomic mass is 19.1. The zero-order valence-electron chi connectivity index (χ0n) is 16.0. The van der Waals surface area contributed by atoms with Crippen LogP contribution in [0.4, 0.5) is 4.39 Å². The van der Waals surface area contributed by atoms with Crippen LogP contribution >= 0.6 is 0 Å². The monoisotopic (exact) mass is 379 g/mol. The Morgan fingerprint density at radius 3 is 2.64 bits per heavy atom. The smallest absolute Gasteiger partial charge is 0.123 e. The molecule has 1 aromatic heterocycles. The van der Waals surface area contributed by atoms with Crippen LogP contribution in [-0.4, -0.2) is 52.2 Å². The minimum Gasteiger partial charge on any atom is -0.396 e. The molecule has 1 aliphatic heterocycles. The molecular weight excluding hydrogens is 353 g/mol. The summed E-state index contributed by atoms with van der Waals surface area (Å²) >= 11 is 0. The van der Waals surface area contributed by atoms with Crippen molar-refractivity contribution in [1.82, 2.24) is 14.8 Å². The third-order valence-electron chi connectivity index (χ3n) is 5.58. The third kappa shape index (κ3) is 4.38. The second-order valence-corrected chi connectivity index (χ2v) is 7.49. The Hall–Kier alpha value is -2.34. The van der Waals surface area contributed by atoms with Crippen LogP contribution < -0.4 is 0 Å². The van der Waals surface area contributed by atoms with Crippen LogP contribution in [0.5, 0.6) is 0 Å². The van der Waals surface area contributed by atoms with E-state index in [0.29, 0.717) is 0 Å². The van der Waals surface area contributed by atoms with Crippen molar-refractivity contribution >= 4 is 10.9 Å². The van der Waals surface area contributed by atoms with E-state index in [1.807, 2.05) is 30.5 Å². The maximum absolute atomic E-state index is 13.2. The quantitative estimate of drug-likeness (QED) is 0.712. The van der Waals surface area contributed by atoms with E-state index in [2.05, 4.69) is 33.0 Å². The van der Waals surface area contributed by atoms with Crippen molar-refractivity contribution in [2.24, 2.45) is 0 Å². The van der Waals surface area contributed by atoms with Crippen molar-refractivity contribution in [3.63, 3.8) is 0 Å². The van der Waals surface area contributed by atoms with Crippen LogP contribution in [0.3, 0.4) is 0 Å². The molecule has 0 saturated carbocycles. The van der Waals surface area contributed by atoms with Crippen LogP contribution in [0.2, 0.25) is 0 Å². The van der Waals surface area contributed by atoms with E-state index in [0.717, 1.165) is 50.2 Å². The van der Waals surface area contributed by atoms with Crippen molar-refractivity contribution in [3.05, 3.63) is 77.7 Å². The Morgan fingerprint density at radius 1 is 1.00 bits per heavy atom. The number of nitrogens with zero attached hydrogens (tertiary/aromatic N) is 3. The molecule has 1 fully saturated rings. The highest BCUT2D eigenvalue weighted by Crippen LogP contribution is 2.22. The van der Waals surface area contributed by atoms with Gasteiger partial charge in [0, 0.05) is 57.0 Å². The Morgan fingerprint density at radius 2 is 1.82 bits per heavy atom. The Kier molecular flexibility index (Phi) is 5.95. The Labute approximate surface area is 165 Å². The molecule has 0 bridgehead atoms. The van der Waals surface area contributed by atoms with Crippen molar-refractivity contribution in [1.29, 1.82) is 0 Å². The van der Waals surface area contributed by atoms with Crippen molar-refractivity contribution < 1.29 is 9.50 Å².